The first-order valence-corrected chi connectivity index (χ1v) is 5.03. The standard InChI is InChI=1S/C5H12.C3H9N.C2H6/c1-3-5-4-2;1-2-3-4;1-2/h3-5H2,1-2H3;2-4H2,1H3;1-2H3. The molecule has 1 nitrogen and oxygen atoms in total. The van der Waals surface area contributed by atoms with Gasteiger partial charge in [0.05, 0.1) is 0 Å². The van der Waals surface area contributed by atoms with Gasteiger partial charge in [-0.05, 0) is 13.0 Å². The average Bonchev–Trinajstić information content (AvgIpc) is 2.10. The molecule has 0 saturated heterocycles. The lowest BCUT2D eigenvalue weighted by molar-refractivity contribution is 0.772. The zero-order valence-corrected chi connectivity index (χ0v) is 9.11. The Morgan fingerprint density at radius 1 is 0.818 bits per heavy atom. The summed E-state index contributed by atoms with van der Waals surface area (Å²) in [6.07, 6.45) is 5.17. The highest BCUT2D eigenvalue weighted by atomic mass is 14.5. The van der Waals surface area contributed by atoms with Crippen molar-refractivity contribution in [2.45, 2.75) is 60.3 Å². The molecule has 0 aliphatic heterocycles. The van der Waals surface area contributed by atoms with Crippen molar-refractivity contribution in [1.82, 2.24) is 0 Å². The van der Waals surface area contributed by atoms with Crippen molar-refractivity contribution in [1.29, 1.82) is 0 Å². The van der Waals surface area contributed by atoms with E-state index in [0.717, 1.165) is 13.0 Å². The Kier molecular flexibility index (Phi) is 50.7. The van der Waals surface area contributed by atoms with Gasteiger partial charge in [-0.1, -0.05) is 53.9 Å². The van der Waals surface area contributed by atoms with Crippen molar-refractivity contribution in [3.8, 4) is 0 Å². The first-order chi connectivity index (χ1) is 5.33. The molecule has 0 rings (SSSR count). The van der Waals surface area contributed by atoms with Crippen LogP contribution in [-0.2, 0) is 0 Å². The first kappa shape index (κ1) is 17.2. The molecule has 0 aliphatic carbocycles. The molecular formula is C10H27N. The van der Waals surface area contributed by atoms with Crippen molar-refractivity contribution in [2.75, 3.05) is 6.54 Å². The van der Waals surface area contributed by atoms with Crippen molar-refractivity contribution >= 4 is 0 Å². The van der Waals surface area contributed by atoms with E-state index in [1.165, 1.54) is 19.3 Å². The monoisotopic (exact) mass is 161 g/mol. The topological polar surface area (TPSA) is 26.0 Å². The molecule has 0 unspecified atom stereocenters. The Bertz CT molecular complexity index is 24.1. The number of hydrogen-bond acceptors (Lipinski definition) is 1. The van der Waals surface area contributed by atoms with Gasteiger partial charge in [0.1, 0.15) is 0 Å². The fourth-order valence-electron chi connectivity index (χ4n) is 0.354. The van der Waals surface area contributed by atoms with Gasteiger partial charge in [0.2, 0.25) is 0 Å². The van der Waals surface area contributed by atoms with Crippen molar-refractivity contribution in [3.05, 3.63) is 0 Å². The SMILES string of the molecule is CC.CCCCC.CCCN. The van der Waals surface area contributed by atoms with Gasteiger partial charge >= 0.3 is 0 Å². The van der Waals surface area contributed by atoms with E-state index in [1.54, 1.807) is 0 Å². The van der Waals surface area contributed by atoms with E-state index in [1.807, 2.05) is 13.8 Å². The summed E-state index contributed by atoms with van der Waals surface area (Å²) in [5, 5.41) is 0. The van der Waals surface area contributed by atoms with Crippen LogP contribution in [0.3, 0.4) is 0 Å². The summed E-state index contributed by atoms with van der Waals surface area (Å²) in [4.78, 5) is 0. The molecule has 0 bridgehead atoms. The highest BCUT2D eigenvalue weighted by Crippen LogP contribution is 1.88. The molecule has 0 amide bonds. The fraction of sp³-hybridized carbons (Fsp3) is 1.00. The molecule has 0 fully saturated rings. The first-order valence-electron chi connectivity index (χ1n) is 5.03. The van der Waals surface area contributed by atoms with Gasteiger partial charge in [0.15, 0.2) is 0 Å². The number of nitrogens with two attached hydrogens (primary N) is 1. The second kappa shape index (κ2) is 32.5. The average molecular weight is 161 g/mol. The normalized spacial score (nSPS) is 7.09. The van der Waals surface area contributed by atoms with E-state index in [9.17, 15) is 0 Å². The largest absolute Gasteiger partial charge is 0.330 e. The van der Waals surface area contributed by atoms with Gasteiger partial charge < -0.3 is 5.73 Å². The summed E-state index contributed by atoms with van der Waals surface area (Å²) < 4.78 is 0. The van der Waals surface area contributed by atoms with E-state index in [0.29, 0.717) is 0 Å². The highest BCUT2D eigenvalue weighted by molar-refractivity contribution is 4.24. The lowest BCUT2D eigenvalue weighted by atomic mass is 10.3. The summed E-state index contributed by atoms with van der Waals surface area (Å²) in [7, 11) is 0. The third-order valence-corrected chi connectivity index (χ3v) is 0.996. The van der Waals surface area contributed by atoms with Gasteiger partial charge in [0.25, 0.3) is 0 Å². The van der Waals surface area contributed by atoms with Crippen molar-refractivity contribution < 1.29 is 0 Å². The molecule has 0 atom stereocenters. The molecule has 0 spiro atoms. The zero-order valence-electron chi connectivity index (χ0n) is 9.11. The van der Waals surface area contributed by atoms with Gasteiger partial charge in [-0.15, -0.1) is 0 Å². The number of unbranched alkanes of at least 4 members (excludes halogenated alkanes) is 2. The molecule has 0 aliphatic rings. The highest BCUT2D eigenvalue weighted by Gasteiger charge is 1.68. The molecule has 11 heavy (non-hydrogen) atoms. The number of rotatable bonds is 3. The Hall–Kier alpha value is -0.0400. The minimum atomic E-state index is 0.819. The smallest absolute Gasteiger partial charge is 0.00799 e. The molecule has 1 heteroatoms. The van der Waals surface area contributed by atoms with Gasteiger partial charge in [-0.2, -0.15) is 0 Å². The Morgan fingerprint density at radius 3 is 1.09 bits per heavy atom. The lowest BCUT2D eigenvalue weighted by Gasteiger charge is -1.79. The third kappa shape index (κ3) is 72.0. The Morgan fingerprint density at radius 2 is 1.09 bits per heavy atom. The van der Waals surface area contributed by atoms with Crippen LogP contribution >= 0.6 is 0 Å². The molecule has 2 N–H and O–H groups in total. The van der Waals surface area contributed by atoms with Crippen LogP contribution in [-0.4, -0.2) is 6.54 Å². The van der Waals surface area contributed by atoms with E-state index in [2.05, 4.69) is 20.8 Å². The van der Waals surface area contributed by atoms with E-state index >= 15 is 0 Å². The molecule has 0 aromatic heterocycles. The Labute approximate surface area is 73.4 Å². The summed E-state index contributed by atoms with van der Waals surface area (Å²) in [5.74, 6) is 0. The second-order valence-electron chi connectivity index (χ2n) is 2.14. The minimum Gasteiger partial charge on any atom is -0.330 e. The molecular weight excluding hydrogens is 134 g/mol. The Balaban J connectivity index is -0.0000000965. The van der Waals surface area contributed by atoms with Gasteiger partial charge in [-0.25, -0.2) is 0 Å². The molecule has 0 radical (unpaired) electrons. The van der Waals surface area contributed by atoms with Gasteiger partial charge in [-0.3, -0.25) is 0 Å². The van der Waals surface area contributed by atoms with Crippen LogP contribution in [0.25, 0.3) is 0 Å². The van der Waals surface area contributed by atoms with Gasteiger partial charge in [0, 0.05) is 0 Å². The van der Waals surface area contributed by atoms with Crippen molar-refractivity contribution in [3.63, 3.8) is 0 Å². The second-order valence-corrected chi connectivity index (χ2v) is 2.14. The van der Waals surface area contributed by atoms with E-state index in [-0.39, 0.29) is 0 Å². The zero-order chi connectivity index (χ0) is 9.54. The number of hydrogen-bond donors (Lipinski definition) is 1. The maximum absolute atomic E-state index is 5.03. The summed E-state index contributed by atoms with van der Waals surface area (Å²) >= 11 is 0. The van der Waals surface area contributed by atoms with Crippen LogP contribution in [0.5, 0.6) is 0 Å². The molecule has 0 heterocycles. The molecule has 0 aromatic carbocycles. The lowest BCUT2D eigenvalue weighted by Crippen LogP contribution is -1.93. The fourth-order valence-corrected chi connectivity index (χ4v) is 0.354. The predicted octanol–water partition coefficient (Wildman–Crippen LogP) is 3.58. The maximum Gasteiger partial charge on any atom is -0.00799 e. The summed E-state index contributed by atoms with van der Waals surface area (Å²) in [6, 6.07) is 0. The minimum absolute atomic E-state index is 0.819. The quantitative estimate of drug-likeness (QED) is 0.672. The van der Waals surface area contributed by atoms with Crippen molar-refractivity contribution in [2.24, 2.45) is 5.73 Å². The van der Waals surface area contributed by atoms with Crippen LogP contribution < -0.4 is 5.73 Å². The van der Waals surface area contributed by atoms with Crippen LogP contribution in [0, 0.1) is 0 Å². The van der Waals surface area contributed by atoms with E-state index in [4.69, 9.17) is 5.73 Å². The molecule has 0 saturated carbocycles. The molecule has 0 aromatic rings. The van der Waals surface area contributed by atoms with Crippen LogP contribution in [0.15, 0.2) is 0 Å². The van der Waals surface area contributed by atoms with Crippen LogP contribution in [0.2, 0.25) is 0 Å². The van der Waals surface area contributed by atoms with Crippen LogP contribution in [0.1, 0.15) is 60.3 Å². The van der Waals surface area contributed by atoms with E-state index < -0.39 is 0 Å². The summed E-state index contributed by atoms with van der Waals surface area (Å²) in [5.41, 5.74) is 5.03. The van der Waals surface area contributed by atoms with Crippen LogP contribution in [0.4, 0.5) is 0 Å². The maximum atomic E-state index is 5.03. The third-order valence-electron chi connectivity index (χ3n) is 0.996. The summed E-state index contributed by atoms with van der Waals surface area (Å²) in [6.45, 7) is 11.3. The predicted molar refractivity (Wildman–Crippen MR) is 55.9 cm³/mol. The molecule has 72 valence electrons.